The van der Waals surface area contributed by atoms with E-state index in [4.69, 9.17) is 9.15 Å². The summed E-state index contributed by atoms with van der Waals surface area (Å²) in [6.07, 6.45) is 0.914. The molecule has 2 aromatic heterocycles. The Balaban J connectivity index is 1.58. The molecule has 0 bridgehead atoms. The molecule has 3 heterocycles. The van der Waals surface area contributed by atoms with E-state index in [0.717, 1.165) is 38.4 Å². The van der Waals surface area contributed by atoms with Crippen LogP contribution >= 0.6 is 0 Å². The van der Waals surface area contributed by atoms with Crippen molar-refractivity contribution >= 4 is 0 Å². The van der Waals surface area contributed by atoms with Crippen molar-refractivity contribution < 1.29 is 9.15 Å². The summed E-state index contributed by atoms with van der Waals surface area (Å²) in [5.41, 5.74) is 2.21. The van der Waals surface area contributed by atoms with Gasteiger partial charge in [0.15, 0.2) is 0 Å². The van der Waals surface area contributed by atoms with Crippen molar-refractivity contribution in [3.05, 3.63) is 29.2 Å². The molecular formula is C15H23N5O2. The molecule has 0 N–H and O–H groups in total. The Kier molecular flexibility index (Phi) is 4.54. The van der Waals surface area contributed by atoms with Gasteiger partial charge in [0.2, 0.25) is 11.8 Å². The van der Waals surface area contributed by atoms with Crippen LogP contribution in [0.5, 0.6) is 0 Å². The van der Waals surface area contributed by atoms with Crippen molar-refractivity contribution in [3.63, 3.8) is 0 Å². The molecule has 0 unspecified atom stereocenters. The number of aromatic nitrogens is 4. The largest absolute Gasteiger partial charge is 0.424 e. The summed E-state index contributed by atoms with van der Waals surface area (Å²) in [4.78, 5) is 2.30. The highest BCUT2D eigenvalue weighted by Gasteiger charge is 2.23. The fourth-order valence-corrected chi connectivity index (χ4v) is 2.77. The number of morpholine rings is 1. The summed E-state index contributed by atoms with van der Waals surface area (Å²) in [5, 5.41) is 12.6. The molecule has 0 amide bonds. The third-order valence-electron chi connectivity index (χ3n) is 3.87. The topological polar surface area (TPSA) is 69.2 Å². The Morgan fingerprint density at radius 2 is 2.09 bits per heavy atom. The van der Waals surface area contributed by atoms with E-state index in [1.807, 2.05) is 18.5 Å². The van der Waals surface area contributed by atoms with Gasteiger partial charge in [-0.15, -0.1) is 10.2 Å². The first-order valence-corrected chi connectivity index (χ1v) is 7.80. The van der Waals surface area contributed by atoms with E-state index in [9.17, 15) is 0 Å². The van der Waals surface area contributed by atoms with Crippen LogP contribution in [0.4, 0.5) is 0 Å². The molecule has 1 saturated heterocycles. The smallest absolute Gasteiger partial charge is 0.230 e. The fourth-order valence-electron chi connectivity index (χ4n) is 2.77. The van der Waals surface area contributed by atoms with Crippen LogP contribution < -0.4 is 0 Å². The molecule has 0 aromatic carbocycles. The van der Waals surface area contributed by atoms with Crippen molar-refractivity contribution in [1.29, 1.82) is 0 Å². The fraction of sp³-hybridized carbons (Fsp3) is 0.667. The van der Waals surface area contributed by atoms with E-state index in [0.29, 0.717) is 18.3 Å². The van der Waals surface area contributed by atoms with Gasteiger partial charge in [-0.05, 0) is 19.9 Å². The number of nitrogens with zero attached hydrogens (tertiary/aromatic N) is 5. The zero-order valence-electron chi connectivity index (χ0n) is 13.4. The minimum absolute atomic E-state index is 0.139. The molecule has 0 radical (unpaired) electrons. The minimum Gasteiger partial charge on any atom is -0.424 e. The maximum Gasteiger partial charge on any atom is 0.230 e. The standard InChI is InChI=1S/C15H23N5O2/c1-4-14-16-17-15(22-14)10-19-5-6-21-13(8-19)9-20-12(3)7-11(2)18-20/h7,13H,4-6,8-10H2,1-3H3/t13-/m0/s1. The van der Waals surface area contributed by atoms with Gasteiger partial charge in [-0.1, -0.05) is 6.92 Å². The lowest BCUT2D eigenvalue weighted by atomic mass is 10.2. The highest BCUT2D eigenvalue weighted by molar-refractivity contribution is 5.06. The Bertz CT molecular complexity index is 621. The molecule has 1 fully saturated rings. The van der Waals surface area contributed by atoms with Gasteiger partial charge in [-0.3, -0.25) is 9.58 Å². The van der Waals surface area contributed by atoms with Gasteiger partial charge in [0.25, 0.3) is 0 Å². The molecule has 0 saturated carbocycles. The summed E-state index contributed by atoms with van der Waals surface area (Å²) in [6, 6.07) is 2.09. The van der Waals surface area contributed by atoms with Gasteiger partial charge >= 0.3 is 0 Å². The Morgan fingerprint density at radius 1 is 1.27 bits per heavy atom. The summed E-state index contributed by atoms with van der Waals surface area (Å²) in [6.45, 7) is 10.0. The first-order valence-electron chi connectivity index (χ1n) is 7.80. The number of aryl methyl sites for hydroxylation is 3. The van der Waals surface area contributed by atoms with Gasteiger partial charge in [0.05, 0.1) is 31.5 Å². The normalized spacial score (nSPS) is 19.7. The van der Waals surface area contributed by atoms with Crippen LogP contribution in [0.2, 0.25) is 0 Å². The third kappa shape index (κ3) is 3.53. The monoisotopic (exact) mass is 305 g/mol. The van der Waals surface area contributed by atoms with Crippen LogP contribution in [0, 0.1) is 13.8 Å². The van der Waals surface area contributed by atoms with Crippen molar-refractivity contribution in [2.24, 2.45) is 0 Å². The molecule has 1 aliphatic heterocycles. The molecule has 120 valence electrons. The highest BCUT2D eigenvalue weighted by Crippen LogP contribution is 2.13. The zero-order chi connectivity index (χ0) is 15.5. The Hall–Kier alpha value is -1.73. The number of rotatable bonds is 5. The molecule has 1 atom stereocenters. The lowest BCUT2D eigenvalue weighted by Crippen LogP contribution is -2.44. The minimum atomic E-state index is 0.139. The zero-order valence-corrected chi connectivity index (χ0v) is 13.4. The van der Waals surface area contributed by atoms with Crippen LogP contribution in [-0.4, -0.2) is 50.7 Å². The molecule has 0 aliphatic carbocycles. The van der Waals surface area contributed by atoms with Crippen LogP contribution in [-0.2, 0) is 24.2 Å². The number of hydrogen-bond donors (Lipinski definition) is 0. The third-order valence-corrected chi connectivity index (χ3v) is 3.87. The van der Waals surface area contributed by atoms with Gasteiger partial charge in [-0.25, -0.2) is 0 Å². The van der Waals surface area contributed by atoms with E-state index in [1.54, 1.807) is 0 Å². The van der Waals surface area contributed by atoms with Gasteiger partial charge in [0, 0.05) is 25.2 Å². The predicted molar refractivity (Wildman–Crippen MR) is 80.4 cm³/mol. The SMILES string of the molecule is CCc1nnc(CN2CCO[C@H](Cn3nc(C)cc3C)C2)o1. The average Bonchev–Trinajstić information content (AvgIpc) is 3.06. The van der Waals surface area contributed by atoms with Gasteiger partial charge in [0.1, 0.15) is 0 Å². The summed E-state index contributed by atoms with van der Waals surface area (Å²) in [5.74, 6) is 1.38. The quantitative estimate of drug-likeness (QED) is 0.830. The highest BCUT2D eigenvalue weighted by atomic mass is 16.5. The van der Waals surface area contributed by atoms with Gasteiger partial charge in [-0.2, -0.15) is 5.10 Å². The maximum atomic E-state index is 5.87. The van der Waals surface area contributed by atoms with Gasteiger partial charge < -0.3 is 9.15 Å². The van der Waals surface area contributed by atoms with E-state index < -0.39 is 0 Å². The van der Waals surface area contributed by atoms with E-state index in [-0.39, 0.29) is 6.10 Å². The van der Waals surface area contributed by atoms with Crippen molar-refractivity contribution in [3.8, 4) is 0 Å². The first kappa shape index (κ1) is 15.2. The van der Waals surface area contributed by atoms with Crippen molar-refractivity contribution in [1.82, 2.24) is 24.9 Å². The van der Waals surface area contributed by atoms with Crippen LogP contribution in [0.1, 0.15) is 30.1 Å². The number of ether oxygens (including phenoxy) is 1. The molecule has 2 aromatic rings. The second kappa shape index (κ2) is 6.58. The first-order chi connectivity index (χ1) is 10.6. The lowest BCUT2D eigenvalue weighted by Gasteiger charge is -2.32. The Morgan fingerprint density at radius 3 is 2.77 bits per heavy atom. The van der Waals surface area contributed by atoms with E-state index >= 15 is 0 Å². The van der Waals surface area contributed by atoms with Crippen LogP contribution in [0.25, 0.3) is 0 Å². The summed E-state index contributed by atoms with van der Waals surface area (Å²) in [7, 11) is 0. The summed E-state index contributed by atoms with van der Waals surface area (Å²) < 4.78 is 13.5. The van der Waals surface area contributed by atoms with Crippen LogP contribution in [0.3, 0.4) is 0 Å². The maximum absolute atomic E-state index is 5.87. The van der Waals surface area contributed by atoms with Crippen LogP contribution in [0.15, 0.2) is 10.5 Å². The summed E-state index contributed by atoms with van der Waals surface area (Å²) >= 11 is 0. The molecule has 1 aliphatic rings. The lowest BCUT2D eigenvalue weighted by molar-refractivity contribution is -0.0426. The van der Waals surface area contributed by atoms with Crippen molar-refractivity contribution in [2.75, 3.05) is 19.7 Å². The Labute approximate surface area is 130 Å². The van der Waals surface area contributed by atoms with E-state index in [2.05, 4.69) is 33.2 Å². The second-order valence-corrected chi connectivity index (χ2v) is 5.78. The molecule has 22 heavy (non-hydrogen) atoms. The molecule has 7 heteroatoms. The average molecular weight is 305 g/mol. The predicted octanol–water partition coefficient (Wildman–Crippen LogP) is 1.35. The number of hydrogen-bond acceptors (Lipinski definition) is 6. The molecule has 3 rings (SSSR count). The molecule has 0 spiro atoms. The van der Waals surface area contributed by atoms with Crippen molar-refractivity contribution in [2.45, 2.75) is 46.4 Å². The molecule has 7 nitrogen and oxygen atoms in total. The molecular weight excluding hydrogens is 282 g/mol. The second-order valence-electron chi connectivity index (χ2n) is 5.78. The van der Waals surface area contributed by atoms with E-state index in [1.165, 1.54) is 5.69 Å².